The number of aliphatic hydroxyl groups excluding tert-OH is 3. The monoisotopic (exact) mass is 290 g/mol. The molecule has 0 radical (unpaired) electrons. The van der Waals surface area contributed by atoms with Gasteiger partial charge >= 0.3 is 0 Å². The highest BCUT2D eigenvalue weighted by Crippen LogP contribution is 2.31. The predicted molar refractivity (Wildman–Crippen MR) is 76.8 cm³/mol. The highest BCUT2D eigenvalue weighted by Gasteiger charge is 2.13. The molecule has 0 unspecified atom stereocenters. The third kappa shape index (κ3) is 3.16. The zero-order valence-corrected chi connectivity index (χ0v) is 11.5. The van der Waals surface area contributed by atoms with E-state index in [1.807, 2.05) is 0 Å². The maximum atomic E-state index is 10.1. The van der Waals surface area contributed by atoms with Crippen molar-refractivity contribution in [2.45, 2.75) is 26.2 Å². The first kappa shape index (κ1) is 15.3. The van der Waals surface area contributed by atoms with Crippen LogP contribution in [0.4, 0.5) is 0 Å². The van der Waals surface area contributed by atoms with Crippen LogP contribution in [0.1, 0.15) is 27.8 Å². The van der Waals surface area contributed by atoms with Gasteiger partial charge in [0, 0.05) is 17.5 Å². The summed E-state index contributed by atoms with van der Waals surface area (Å²) in [6.07, 6.45) is 0.229. The molecule has 0 aromatic heterocycles. The Kier molecular flexibility index (Phi) is 4.80. The molecule has 0 spiro atoms. The molecule has 112 valence electrons. The lowest BCUT2D eigenvalue weighted by molar-refractivity contribution is 0.270. The summed E-state index contributed by atoms with van der Waals surface area (Å²) in [5, 5.41) is 47.8. The highest BCUT2D eigenvalue weighted by atomic mass is 16.3. The van der Waals surface area contributed by atoms with Gasteiger partial charge in [-0.1, -0.05) is 18.2 Å². The molecule has 0 aliphatic heterocycles. The Morgan fingerprint density at radius 2 is 1.24 bits per heavy atom. The average Bonchev–Trinajstić information content (AvgIpc) is 2.51. The number of hydrogen-bond donors (Lipinski definition) is 5. The van der Waals surface area contributed by atoms with Crippen molar-refractivity contribution in [1.29, 1.82) is 0 Å². The molecule has 21 heavy (non-hydrogen) atoms. The maximum absolute atomic E-state index is 10.1. The van der Waals surface area contributed by atoms with Crippen LogP contribution in [-0.2, 0) is 26.2 Å². The summed E-state index contributed by atoms with van der Waals surface area (Å²) >= 11 is 0. The first-order valence-electron chi connectivity index (χ1n) is 6.56. The van der Waals surface area contributed by atoms with E-state index in [0.29, 0.717) is 27.8 Å². The first-order chi connectivity index (χ1) is 10.1. The van der Waals surface area contributed by atoms with Gasteiger partial charge < -0.3 is 25.5 Å². The van der Waals surface area contributed by atoms with Crippen molar-refractivity contribution >= 4 is 0 Å². The summed E-state index contributed by atoms with van der Waals surface area (Å²) in [4.78, 5) is 0. The molecule has 2 aromatic carbocycles. The fourth-order valence-corrected chi connectivity index (χ4v) is 2.30. The Morgan fingerprint density at radius 3 is 1.86 bits per heavy atom. The minimum Gasteiger partial charge on any atom is -0.507 e. The number of rotatable bonds is 5. The van der Waals surface area contributed by atoms with Gasteiger partial charge in [-0.15, -0.1) is 0 Å². The number of aliphatic hydroxyl groups is 3. The minimum absolute atomic E-state index is 0.0145. The van der Waals surface area contributed by atoms with Gasteiger partial charge in [0.2, 0.25) is 0 Å². The molecule has 0 heterocycles. The maximum Gasteiger partial charge on any atom is 0.124 e. The van der Waals surface area contributed by atoms with Crippen molar-refractivity contribution in [3.63, 3.8) is 0 Å². The third-order valence-electron chi connectivity index (χ3n) is 3.43. The Hall–Kier alpha value is -2.08. The molecule has 0 atom stereocenters. The van der Waals surface area contributed by atoms with Crippen LogP contribution in [0, 0.1) is 0 Å². The summed E-state index contributed by atoms with van der Waals surface area (Å²) < 4.78 is 0. The second-order valence-corrected chi connectivity index (χ2v) is 4.84. The minimum atomic E-state index is -0.338. The second kappa shape index (κ2) is 6.58. The molecule has 2 aromatic rings. The van der Waals surface area contributed by atoms with Crippen molar-refractivity contribution in [1.82, 2.24) is 0 Å². The van der Waals surface area contributed by atoms with Crippen LogP contribution in [0.5, 0.6) is 11.5 Å². The van der Waals surface area contributed by atoms with E-state index in [0.717, 1.165) is 0 Å². The van der Waals surface area contributed by atoms with E-state index in [4.69, 9.17) is 5.11 Å². The van der Waals surface area contributed by atoms with E-state index in [-0.39, 0.29) is 37.7 Å². The first-order valence-corrected chi connectivity index (χ1v) is 6.56. The number of hydrogen-bond acceptors (Lipinski definition) is 5. The zero-order valence-electron chi connectivity index (χ0n) is 11.5. The fraction of sp³-hybridized carbons (Fsp3) is 0.250. The van der Waals surface area contributed by atoms with Crippen molar-refractivity contribution in [2.75, 3.05) is 0 Å². The number of aromatic hydroxyl groups is 2. The summed E-state index contributed by atoms with van der Waals surface area (Å²) in [7, 11) is 0. The van der Waals surface area contributed by atoms with E-state index in [2.05, 4.69) is 0 Å². The molecule has 0 aliphatic rings. The molecule has 2 rings (SSSR count). The van der Waals surface area contributed by atoms with E-state index in [9.17, 15) is 20.4 Å². The smallest absolute Gasteiger partial charge is 0.124 e. The highest BCUT2D eigenvalue weighted by molar-refractivity contribution is 5.49. The summed E-state index contributed by atoms with van der Waals surface area (Å²) in [6.45, 7) is -0.817. The molecule has 0 fully saturated rings. The van der Waals surface area contributed by atoms with Crippen molar-refractivity contribution < 1.29 is 25.5 Å². The van der Waals surface area contributed by atoms with Gasteiger partial charge in [0.15, 0.2) is 0 Å². The molecule has 0 bridgehead atoms. The molecule has 5 nitrogen and oxygen atoms in total. The van der Waals surface area contributed by atoms with Gasteiger partial charge in [-0.2, -0.15) is 0 Å². The molecule has 0 saturated carbocycles. The molecule has 0 amide bonds. The largest absolute Gasteiger partial charge is 0.507 e. The van der Waals surface area contributed by atoms with Crippen LogP contribution < -0.4 is 0 Å². The van der Waals surface area contributed by atoms with Crippen molar-refractivity contribution in [3.05, 3.63) is 58.1 Å². The van der Waals surface area contributed by atoms with Crippen LogP contribution in [0.25, 0.3) is 0 Å². The van der Waals surface area contributed by atoms with Crippen molar-refractivity contribution in [2.24, 2.45) is 0 Å². The molecule has 5 heteroatoms. The Bertz CT molecular complexity index is 637. The molecule has 0 aliphatic carbocycles. The van der Waals surface area contributed by atoms with Crippen LogP contribution in [0.3, 0.4) is 0 Å². The Balaban J connectivity index is 2.44. The average molecular weight is 290 g/mol. The van der Waals surface area contributed by atoms with Crippen molar-refractivity contribution in [3.8, 4) is 11.5 Å². The molecular weight excluding hydrogens is 272 g/mol. The second-order valence-electron chi connectivity index (χ2n) is 4.84. The molecular formula is C16H18O5. The van der Waals surface area contributed by atoms with Gasteiger partial charge in [0.05, 0.1) is 19.8 Å². The van der Waals surface area contributed by atoms with E-state index in [1.165, 1.54) is 6.07 Å². The zero-order chi connectivity index (χ0) is 15.4. The van der Waals surface area contributed by atoms with Crippen LogP contribution in [0.15, 0.2) is 30.3 Å². The number of para-hydroxylation sites is 1. The fourth-order valence-electron chi connectivity index (χ4n) is 2.30. The third-order valence-corrected chi connectivity index (χ3v) is 3.43. The van der Waals surface area contributed by atoms with E-state index >= 15 is 0 Å². The SMILES string of the molecule is OCc1cc(CO)c(O)c(Cc2cccc(CO)c2O)c1. The number of benzene rings is 2. The lowest BCUT2D eigenvalue weighted by Crippen LogP contribution is -1.98. The normalized spacial score (nSPS) is 10.8. The van der Waals surface area contributed by atoms with Gasteiger partial charge in [-0.05, 0) is 28.8 Å². The van der Waals surface area contributed by atoms with E-state index < -0.39 is 0 Å². The Labute approximate surface area is 122 Å². The van der Waals surface area contributed by atoms with Gasteiger partial charge in [0.25, 0.3) is 0 Å². The van der Waals surface area contributed by atoms with Crippen LogP contribution in [-0.4, -0.2) is 25.5 Å². The quantitative estimate of drug-likeness (QED) is 0.569. The van der Waals surface area contributed by atoms with Gasteiger partial charge in [0.1, 0.15) is 11.5 Å². The summed E-state index contributed by atoms with van der Waals surface area (Å²) in [5.41, 5.74) is 2.36. The summed E-state index contributed by atoms with van der Waals surface area (Å²) in [5.74, 6) is -0.0668. The topological polar surface area (TPSA) is 101 Å². The molecule has 0 saturated heterocycles. The van der Waals surface area contributed by atoms with Crippen LogP contribution in [0.2, 0.25) is 0 Å². The van der Waals surface area contributed by atoms with Gasteiger partial charge in [-0.3, -0.25) is 0 Å². The Morgan fingerprint density at radius 1 is 0.667 bits per heavy atom. The summed E-state index contributed by atoms with van der Waals surface area (Å²) in [6, 6.07) is 8.17. The lowest BCUT2D eigenvalue weighted by Gasteiger charge is -2.13. The van der Waals surface area contributed by atoms with Crippen LogP contribution >= 0.6 is 0 Å². The molecule has 5 N–H and O–H groups in total. The standard InChI is InChI=1S/C16H18O5/c17-7-10-4-13(16(21)14(5-10)9-19)6-11-2-1-3-12(8-18)15(11)20/h1-5,17-21H,6-9H2. The lowest BCUT2D eigenvalue weighted by atomic mass is 9.97. The van der Waals surface area contributed by atoms with E-state index in [1.54, 1.807) is 24.3 Å². The predicted octanol–water partition coefficient (Wildman–Crippen LogP) is 1.17. The van der Waals surface area contributed by atoms with Gasteiger partial charge in [-0.25, -0.2) is 0 Å². The number of phenols is 2.